The van der Waals surface area contributed by atoms with Crippen LogP contribution in [0.1, 0.15) is 46.0 Å². The highest BCUT2D eigenvalue weighted by Gasteiger charge is 2.28. The van der Waals surface area contributed by atoms with E-state index in [1.54, 1.807) is 0 Å². The molecule has 2 saturated heterocycles. The molecule has 2 fully saturated rings. The fraction of sp³-hybridized carbons (Fsp3) is 0.923. The minimum Gasteiger partial charge on any atom is -0.340 e. The van der Waals surface area contributed by atoms with Crippen molar-refractivity contribution in [2.24, 2.45) is 5.92 Å². The highest BCUT2D eigenvalue weighted by Crippen LogP contribution is 2.23. The zero-order chi connectivity index (χ0) is 11.5. The van der Waals surface area contributed by atoms with Gasteiger partial charge in [0.1, 0.15) is 0 Å². The lowest BCUT2D eigenvalue weighted by molar-refractivity contribution is -0.135. The van der Waals surface area contributed by atoms with Crippen LogP contribution in [0.25, 0.3) is 0 Å². The average Bonchev–Trinajstić information content (AvgIpc) is 2.70. The van der Waals surface area contributed by atoms with E-state index in [-0.39, 0.29) is 0 Å². The third-order valence-electron chi connectivity index (χ3n) is 4.04. The Hall–Kier alpha value is -0.570. The number of likely N-dealkylation sites (tertiary alicyclic amines) is 1. The third-order valence-corrected chi connectivity index (χ3v) is 4.04. The van der Waals surface area contributed by atoms with Crippen LogP contribution in [0.3, 0.4) is 0 Å². The molecule has 0 spiro atoms. The summed E-state index contributed by atoms with van der Waals surface area (Å²) in [7, 11) is 0. The molecule has 2 aliphatic rings. The second-order valence-electron chi connectivity index (χ2n) is 5.56. The van der Waals surface area contributed by atoms with E-state index >= 15 is 0 Å². The van der Waals surface area contributed by atoms with Crippen LogP contribution < -0.4 is 5.32 Å². The van der Waals surface area contributed by atoms with Gasteiger partial charge >= 0.3 is 0 Å². The minimum absolute atomic E-state index is 0.360. The van der Waals surface area contributed by atoms with Crippen LogP contribution in [0.5, 0.6) is 0 Å². The van der Waals surface area contributed by atoms with Gasteiger partial charge in [0.2, 0.25) is 5.91 Å². The summed E-state index contributed by atoms with van der Waals surface area (Å²) in [6, 6.07) is 0.886. The molecule has 3 unspecified atom stereocenters. The molecule has 1 amide bonds. The number of carbonyl (C=O) groups excluding carboxylic acids is 1. The molecule has 3 atom stereocenters. The summed E-state index contributed by atoms with van der Waals surface area (Å²) in [5, 5.41) is 3.40. The van der Waals surface area contributed by atoms with Crippen molar-refractivity contribution in [3.05, 3.63) is 0 Å². The summed E-state index contributed by atoms with van der Waals surface area (Å²) in [6.45, 7) is 6.53. The van der Waals surface area contributed by atoms with Crippen LogP contribution in [0.4, 0.5) is 0 Å². The van der Waals surface area contributed by atoms with Crippen molar-refractivity contribution >= 4 is 5.91 Å². The summed E-state index contributed by atoms with van der Waals surface area (Å²) in [5.41, 5.74) is 0. The summed E-state index contributed by atoms with van der Waals surface area (Å²) < 4.78 is 0. The number of nitrogens with zero attached hydrogens (tertiary/aromatic N) is 1. The van der Waals surface area contributed by atoms with Crippen molar-refractivity contribution in [2.45, 2.75) is 58.0 Å². The van der Waals surface area contributed by atoms with Gasteiger partial charge in [-0.15, -0.1) is 0 Å². The molecule has 16 heavy (non-hydrogen) atoms. The van der Waals surface area contributed by atoms with E-state index in [1.165, 1.54) is 25.7 Å². The van der Waals surface area contributed by atoms with Gasteiger partial charge in [0.25, 0.3) is 0 Å². The second kappa shape index (κ2) is 5.17. The molecule has 0 radical (unpaired) electrons. The molecule has 2 rings (SSSR count). The van der Waals surface area contributed by atoms with Gasteiger partial charge in [0, 0.05) is 25.0 Å². The maximum Gasteiger partial charge on any atom is 0.224 e. The van der Waals surface area contributed by atoms with Gasteiger partial charge in [0.05, 0.1) is 0 Å². The number of hydrogen-bond donors (Lipinski definition) is 1. The Morgan fingerprint density at radius 2 is 2.19 bits per heavy atom. The first-order chi connectivity index (χ1) is 7.66. The summed E-state index contributed by atoms with van der Waals surface area (Å²) in [4.78, 5) is 14.3. The molecule has 0 aliphatic carbocycles. The Labute approximate surface area is 98.6 Å². The van der Waals surface area contributed by atoms with E-state index in [4.69, 9.17) is 0 Å². The van der Waals surface area contributed by atoms with Crippen LogP contribution in [-0.4, -0.2) is 36.0 Å². The molecule has 92 valence electrons. The van der Waals surface area contributed by atoms with E-state index in [0.29, 0.717) is 24.4 Å². The molecule has 0 aromatic rings. The van der Waals surface area contributed by atoms with Crippen LogP contribution in [0.2, 0.25) is 0 Å². The van der Waals surface area contributed by atoms with Crippen LogP contribution in [0, 0.1) is 5.92 Å². The molecule has 0 aromatic heterocycles. The lowest BCUT2D eigenvalue weighted by atomic mass is 9.93. The number of nitrogens with one attached hydrogen (secondary N) is 1. The van der Waals surface area contributed by atoms with Gasteiger partial charge in [-0.2, -0.15) is 0 Å². The topological polar surface area (TPSA) is 32.3 Å². The van der Waals surface area contributed by atoms with Gasteiger partial charge in [-0.05, 0) is 45.1 Å². The Bertz CT molecular complexity index is 248. The zero-order valence-corrected chi connectivity index (χ0v) is 10.5. The molecule has 3 heteroatoms. The van der Waals surface area contributed by atoms with Crippen LogP contribution >= 0.6 is 0 Å². The highest BCUT2D eigenvalue weighted by molar-refractivity contribution is 5.77. The fourth-order valence-electron chi connectivity index (χ4n) is 3.04. The van der Waals surface area contributed by atoms with E-state index in [1.807, 2.05) is 0 Å². The molecule has 3 nitrogen and oxygen atoms in total. The summed E-state index contributed by atoms with van der Waals surface area (Å²) in [5.74, 6) is 1.14. The lowest BCUT2D eigenvalue weighted by Crippen LogP contribution is -2.45. The van der Waals surface area contributed by atoms with Crippen LogP contribution in [-0.2, 0) is 4.79 Å². The van der Waals surface area contributed by atoms with Gasteiger partial charge in [-0.25, -0.2) is 0 Å². The second-order valence-corrected chi connectivity index (χ2v) is 5.56. The van der Waals surface area contributed by atoms with E-state index in [0.717, 1.165) is 19.0 Å². The Morgan fingerprint density at radius 3 is 2.81 bits per heavy atom. The van der Waals surface area contributed by atoms with Crippen molar-refractivity contribution in [2.75, 3.05) is 13.1 Å². The monoisotopic (exact) mass is 224 g/mol. The van der Waals surface area contributed by atoms with Crippen molar-refractivity contribution in [3.63, 3.8) is 0 Å². The fourth-order valence-corrected chi connectivity index (χ4v) is 3.04. The number of rotatable bonds is 2. The quantitative estimate of drug-likeness (QED) is 0.775. The maximum atomic E-state index is 12.2. The smallest absolute Gasteiger partial charge is 0.224 e. The van der Waals surface area contributed by atoms with Gasteiger partial charge in [-0.3, -0.25) is 4.79 Å². The van der Waals surface area contributed by atoms with E-state index in [2.05, 4.69) is 24.1 Å². The van der Waals surface area contributed by atoms with E-state index in [9.17, 15) is 4.79 Å². The Balaban J connectivity index is 1.83. The molecule has 0 bridgehead atoms. The predicted molar refractivity (Wildman–Crippen MR) is 65.2 cm³/mol. The van der Waals surface area contributed by atoms with Crippen molar-refractivity contribution in [1.82, 2.24) is 10.2 Å². The van der Waals surface area contributed by atoms with Crippen LogP contribution in [0.15, 0.2) is 0 Å². The number of amides is 1. The van der Waals surface area contributed by atoms with E-state index < -0.39 is 0 Å². The molecule has 2 aliphatic heterocycles. The Morgan fingerprint density at radius 1 is 1.38 bits per heavy atom. The zero-order valence-electron chi connectivity index (χ0n) is 10.5. The molecule has 2 heterocycles. The first-order valence-electron chi connectivity index (χ1n) is 6.69. The molecule has 1 N–H and O–H groups in total. The van der Waals surface area contributed by atoms with Crippen molar-refractivity contribution in [3.8, 4) is 0 Å². The number of hydrogen-bond acceptors (Lipinski definition) is 2. The average molecular weight is 224 g/mol. The normalized spacial score (nSPS) is 35.4. The van der Waals surface area contributed by atoms with Crippen molar-refractivity contribution in [1.29, 1.82) is 0 Å². The standard InChI is InChI=1S/C13H24N2O/c1-10-5-7-15(11(2)8-10)13(16)9-12-4-3-6-14-12/h10-12,14H,3-9H2,1-2H3. The SMILES string of the molecule is CC1CCN(C(=O)CC2CCCN2)C(C)C1. The summed E-state index contributed by atoms with van der Waals surface area (Å²) in [6.07, 6.45) is 5.45. The lowest BCUT2D eigenvalue weighted by Gasteiger charge is -2.37. The third kappa shape index (κ3) is 2.76. The predicted octanol–water partition coefficient (Wildman–Crippen LogP) is 1.78. The Kier molecular flexibility index (Phi) is 3.85. The largest absolute Gasteiger partial charge is 0.340 e. The molecular weight excluding hydrogens is 200 g/mol. The molecule has 0 saturated carbocycles. The van der Waals surface area contributed by atoms with Crippen molar-refractivity contribution < 1.29 is 4.79 Å². The number of carbonyl (C=O) groups is 1. The summed E-state index contributed by atoms with van der Waals surface area (Å²) >= 11 is 0. The maximum absolute atomic E-state index is 12.2. The van der Waals surface area contributed by atoms with Gasteiger partial charge in [0.15, 0.2) is 0 Å². The minimum atomic E-state index is 0.360. The first kappa shape index (κ1) is 11.9. The molecule has 0 aromatic carbocycles. The highest BCUT2D eigenvalue weighted by atomic mass is 16.2. The number of piperidine rings is 1. The molecular formula is C13H24N2O. The van der Waals surface area contributed by atoms with Gasteiger partial charge < -0.3 is 10.2 Å². The first-order valence-corrected chi connectivity index (χ1v) is 6.69. The van der Waals surface area contributed by atoms with Gasteiger partial charge in [-0.1, -0.05) is 6.92 Å².